The minimum atomic E-state index is -0.368. The molecule has 2 unspecified atom stereocenters. The van der Waals surface area contributed by atoms with Gasteiger partial charge in [-0.1, -0.05) is 33.6 Å². The van der Waals surface area contributed by atoms with E-state index in [1.807, 2.05) is 0 Å². The molecule has 1 fully saturated rings. The molecule has 0 amide bonds. The second-order valence-corrected chi connectivity index (χ2v) is 6.46. The van der Waals surface area contributed by atoms with Crippen LogP contribution in [0.1, 0.15) is 59.3 Å². The fourth-order valence-electron chi connectivity index (χ4n) is 2.32. The van der Waals surface area contributed by atoms with Crippen LogP contribution in [-0.2, 0) is 4.74 Å². The molecule has 0 radical (unpaired) electrons. The Morgan fingerprint density at radius 3 is 2.63 bits per heavy atom. The first-order valence-electron chi connectivity index (χ1n) is 8.11. The van der Waals surface area contributed by atoms with Crippen molar-refractivity contribution in [1.82, 2.24) is 5.32 Å². The molecular formula is C16H33NO2. The maximum atomic E-state index is 9.86. The molecule has 0 aromatic rings. The van der Waals surface area contributed by atoms with Crippen molar-refractivity contribution < 1.29 is 9.84 Å². The number of aliphatic hydroxyl groups is 1. The zero-order valence-electron chi connectivity index (χ0n) is 13.0. The molecule has 114 valence electrons. The van der Waals surface area contributed by atoms with Gasteiger partial charge in [-0.15, -0.1) is 0 Å². The van der Waals surface area contributed by atoms with E-state index in [1.54, 1.807) is 0 Å². The van der Waals surface area contributed by atoms with Crippen molar-refractivity contribution in [3.05, 3.63) is 0 Å². The largest absolute Gasteiger partial charge is 0.389 e. The van der Waals surface area contributed by atoms with Gasteiger partial charge in [-0.25, -0.2) is 0 Å². The highest BCUT2D eigenvalue weighted by Gasteiger charge is 2.24. The molecule has 1 rings (SSSR count). The van der Waals surface area contributed by atoms with Crippen LogP contribution in [0.15, 0.2) is 0 Å². The molecular weight excluding hydrogens is 238 g/mol. The molecule has 19 heavy (non-hydrogen) atoms. The van der Waals surface area contributed by atoms with Crippen molar-refractivity contribution in [2.75, 3.05) is 19.8 Å². The summed E-state index contributed by atoms with van der Waals surface area (Å²) in [4.78, 5) is 0. The van der Waals surface area contributed by atoms with Gasteiger partial charge >= 0.3 is 0 Å². The third-order valence-corrected chi connectivity index (χ3v) is 3.83. The summed E-state index contributed by atoms with van der Waals surface area (Å²) in [5, 5.41) is 13.3. The fourth-order valence-corrected chi connectivity index (χ4v) is 2.32. The Bertz CT molecular complexity index is 217. The van der Waals surface area contributed by atoms with Crippen LogP contribution < -0.4 is 5.32 Å². The van der Waals surface area contributed by atoms with Gasteiger partial charge in [0, 0.05) is 19.2 Å². The lowest BCUT2D eigenvalue weighted by atomic mass is 10.1. The van der Waals surface area contributed by atoms with E-state index in [0.717, 1.165) is 31.3 Å². The predicted octanol–water partition coefficient (Wildman–Crippen LogP) is 2.97. The average molecular weight is 271 g/mol. The van der Waals surface area contributed by atoms with Crippen LogP contribution >= 0.6 is 0 Å². The molecule has 0 heterocycles. The lowest BCUT2D eigenvalue weighted by Crippen LogP contribution is -2.37. The molecule has 1 saturated carbocycles. The summed E-state index contributed by atoms with van der Waals surface area (Å²) in [7, 11) is 0. The van der Waals surface area contributed by atoms with Gasteiger partial charge in [0.2, 0.25) is 0 Å². The van der Waals surface area contributed by atoms with Gasteiger partial charge in [-0.05, 0) is 37.5 Å². The highest BCUT2D eigenvalue weighted by Crippen LogP contribution is 2.33. The summed E-state index contributed by atoms with van der Waals surface area (Å²) >= 11 is 0. The Balaban J connectivity index is 1.95. The zero-order chi connectivity index (χ0) is 14.1. The van der Waals surface area contributed by atoms with E-state index in [1.165, 1.54) is 25.7 Å². The number of nitrogens with one attached hydrogen (secondary N) is 1. The third kappa shape index (κ3) is 9.42. The van der Waals surface area contributed by atoms with Gasteiger partial charge in [0.25, 0.3) is 0 Å². The molecule has 0 bridgehead atoms. The van der Waals surface area contributed by atoms with Gasteiger partial charge < -0.3 is 15.2 Å². The summed E-state index contributed by atoms with van der Waals surface area (Å²) in [5.74, 6) is 1.69. The van der Waals surface area contributed by atoms with Gasteiger partial charge in [-0.3, -0.25) is 0 Å². The number of hydrogen-bond donors (Lipinski definition) is 2. The lowest BCUT2D eigenvalue weighted by Gasteiger charge is -2.19. The van der Waals surface area contributed by atoms with Gasteiger partial charge in [0.15, 0.2) is 0 Å². The second kappa shape index (κ2) is 9.73. The zero-order valence-corrected chi connectivity index (χ0v) is 13.0. The molecule has 0 aromatic carbocycles. The average Bonchev–Trinajstić information content (AvgIpc) is 3.17. The van der Waals surface area contributed by atoms with Crippen LogP contribution in [-0.4, -0.2) is 37.0 Å². The number of ether oxygens (including phenoxy) is 1. The van der Waals surface area contributed by atoms with Gasteiger partial charge in [0.05, 0.1) is 12.7 Å². The smallest absolute Gasteiger partial charge is 0.0897 e. The summed E-state index contributed by atoms with van der Waals surface area (Å²) in [6, 6.07) is 0.572. The number of rotatable bonds is 12. The van der Waals surface area contributed by atoms with Gasteiger partial charge in [-0.2, -0.15) is 0 Å². The first kappa shape index (κ1) is 16.9. The quantitative estimate of drug-likeness (QED) is 0.536. The Hall–Kier alpha value is -0.120. The molecule has 0 aromatic heterocycles. The lowest BCUT2D eigenvalue weighted by molar-refractivity contribution is 0.0332. The maximum Gasteiger partial charge on any atom is 0.0897 e. The van der Waals surface area contributed by atoms with Crippen LogP contribution in [0.3, 0.4) is 0 Å². The number of aliphatic hydroxyl groups excluding tert-OH is 1. The molecule has 2 N–H and O–H groups in total. The molecule has 1 aliphatic carbocycles. The van der Waals surface area contributed by atoms with Crippen molar-refractivity contribution in [2.45, 2.75) is 71.4 Å². The standard InChI is InChI=1S/C16H33NO2/c1-4-15(10-14-7-8-14)17-11-16(18)12-19-9-5-6-13(2)3/h13-18H,4-12H2,1-3H3. The van der Waals surface area contributed by atoms with Crippen molar-refractivity contribution in [3.63, 3.8) is 0 Å². The van der Waals surface area contributed by atoms with Crippen LogP contribution in [0.5, 0.6) is 0 Å². The Morgan fingerprint density at radius 1 is 1.32 bits per heavy atom. The first-order valence-corrected chi connectivity index (χ1v) is 8.11. The summed E-state index contributed by atoms with van der Waals surface area (Å²) < 4.78 is 5.52. The predicted molar refractivity (Wildman–Crippen MR) is 80.3 cm³/mol. The normalized spacial score (nSPS) is 18.8. The van der Waals surface area contributed by atoms with Crippen molar-refractivity contribution in [1.29, 1.82) is 0 Å². The van der Waals surface area contributed by atoms with Gasteiger partial charge in [0.1, 0.15) is 0 Å². The third-order valence-electron chi connectivity index (χ3n) is 3.83. The molecule has 1 aliphatic rings. The van der Waals surface area contributed by atoms with Crippen LogP contribution in [0.25, 0.3) is 0 Å². The van der Waals surface area contributed by atoms with E-state index in [2.05, 4.69) is 26.1 Å². The van der Waals surface area contributed by atoms with Crippen LogP contribution in [0.2, 0.25) is 0 Å². The fraction of sp³-hybridized carbons (Fsp3) is 1.00. The monoisotopic (exact) mass is 271 g/mol. The van der Waals surface area contributed by atoms with E-state index in [-0.39, 0.29) is 6.10 Å². The molecule has 3 heteroatoms. The molecule has 2 atom stereocenters. The topological polar surface area (TPSA) is 41.5 Å². The molecule has 3 nitrogen and oxygen atoms in total. The van der Waals surface area contributed by atoms with E-state index in [0.29, 0.717) is 19.2 Å². The molecule has 0 saturated heterocycles. The molecule has 0 aliphatic heterocycles. The van der Waals surface area contributed by atoms with E-state index < -0.39 is 0 Å². The second-order valence-electron chi connectivity index (χ2n) is 6.46. The van der Waals surface area contributed by atoms with Crippen LogP contribution in [0, 0.1) is 11.8 Å². The van der Waals surface area contributed by atoms with Crippen molar-refractivity contribution in [2.24, 2.45) is 11.8 Å². The highest BCUT2D eigenvalue weighted by molar-refractivity contribution is 4.80. The molecule has 0 spiro atoms. The summed E-state index contributed by atoms with van der Waals surface area (Å²) in [6.45, 7) is 8.57. The van der Waals surface area contributed by atoms with Crippen LogP contribution in [0.4, 0.5) is 0 Å². The minimum Gasteiger partial charge on any atom is -0.389 e. The van der Waals surface area contributed by atoms with Crippen molar-refractivity contribution >= 4 is 0 Å². The first-order chi connectivity index (χ1) is 9.11. The number of hydrogen-bond acceptors (Lipinski definition) is 3. The van der Waals surface area contributed by atoms with E-state index in [4.69, 9.17) is 4.74 Å². The SMILES string of the molecule is CCC(CC1CC1)NCC(O)COCCCC(C)C. The van der Waals surface area contributed by atoms with E-state index >= 15 is 0 Å². The maximum absolute atomic E-state index is 9.86. The minimum absolute atomic E-state index is 0.368. The Kier molecular flexibility index (Phi) is 8.67. The Morgan fingerprint density at radius 2 is 2.05 bits per heavy atom. The Labute approximate surface area is 119 Å². The van der Waals surface area contributed by atoms with Crippen molar-refractivity contribution in [3.8, 4) is 0 Å². The van der Waals surface area contributed by atoms with E-state index in [9.17, 15) is 5.11 Å². The highest BCUT2D eigenvalue weighted by atomic mass is 16.5. The summed E-state index contributed by atoms with van der Waals surface area (Å²) in [6.07, 6.45) is 7.16. The summed E-state index contributed by atoms with van der Waals surface area (Å²) in [5.41, 5.74) is 0.